The molecule has 0 unspecified atom stereocenters. The minimum Gasteiger partial charge on any atom is -0.455 e. The Morgan fingerprint density at radius 1 is 0.906 bits per heavy atom. The van der Waals surface area contributed by atoms with E-state index in [-0.39, 0.29) is 0 Å². The first-order chi connectivity index (χ1) is 15.7. The van der Waals surface area contributed by atoms with E-state index in [1.54, 1.807) is 0 Å². The number of aryl methyl sites for hydroxylation is 2. The van der Waals surface area contributed by atoms with E-state index in [9.17, 15) is 0 Å². The topological polar surface area (TPSA) is 17.0 Å². The molecule has 160 valence electrons. The van der Waals surface area contributed by atoms with Crippen molar-refractivity contribution in [3.63, 3.8) is 0 Å². The molecule has 0 N–H and O–H groups in total. The number of fused-ring (bicyclic) bond motifs is 5. The Morgan fingerprint density at radius 3 is 2.62 bits per heavy atom. The van der Waals surface area contributed by atoms with Crippen molar-refractivity contribution >= 4 is 32.7 Å². The number of benzene rings is 3. The van der Waals surface area contributed by atoms with Gasteiger partial charge in [0.05, 0.1) is 5.56 Å². The highest BCUT2D eigenvalue weighted by molar-refractivity contribution is 6.20. The molecule has 0 spiro atoms. The summed E-state index contributed by atoms with van der Waals surface area (Å²) in [4.78, 5) is 0. The molecule has 1 aliphatic carbocycles. The third-order valence-corrected chi connectivity index (χ3v) is 7.46. The lowest BCUT2D eigenvalue weighted by Crippen LogP contribution is -2.31. The van der Waals surface area contributed by atoms with Crippen molar-refractivity contribution in [3.8, 4) is 11.3 Å². The van der Waals surface area contributed by atoms with Crippen LogP contribution in [0.15, 0.2) is 71.3 Å². The van der Waals surface area contributed by atoms with Crippen LogP contribution in [0.4, 0.5) is 0 Å². The summed E-state index contributed by atoms with van der Waals surface area (Å²) in [6.07, 6.45) is 10.4. The predicted molar refractivity (Wildman–Crippen MR) is 133 cm³/mol. The van der Waals surface area contributed by atoms with Gasteiger partial charge in [-0.25, -0.2) is 4.57 Å². The molecule has 2 nitrogen and oxygen atoms in total. The van der Waals surface area contributed by atoms with Crippen molar-refractivity contribution in [2.24, 2.45) is 13.0 Å². The average Bonchev–Trinajstić information content (AvgIpc) is 3.20. The molecule has 2 heteroatoms. The van der Waals surface area contributed by atoms with Crippen LogP contribution < -0.4 is 4.57 Å². The van der Waals surface area contributed by atoms with E-state index in [4.69, 9.17) is 4.42 Å². The Balaban J connectivity index is 1.55. The van der Waals surface area contributed by atoms with Gasteiger partial charge in [0.25, 0.3) is 0 Å². The third-order valence-electron chi connectivity index (χ3n) is 7.46. The highest BCUT2D eigenvalue weighted by Crippen LogP contribution is 2.40. The van der Waals surface area contributed by atoms with Gasteiger partial charge in [-0.15, -0.1) is 0 Å². The molecule has 0 bridgehead atoms. The second kappa shape index (κ2) is 7.78. The van der Waals surface area contributed by atoms with Crippen molar-refractivity contribution in [3.05, 3.63) is 78.0 Å². The molecule has 0 amide bonds. The molecule has 2 heterocycles. The van der Waals surface area contributed by atoms with E-state index in [0.717, 1.165) is 17.1 Å². The second-order valence-electron chi connectivity index (χ2n) is 9.64. The molecule has 1 fully saturated rings. The van der Waals surface area contributed by atoms with Crippen LogP contribution in [-0.2, 0) is 13.5 Å². The summed E-state index contributed by atoms with van der Waals surface area (Å²) in [6.45, 7) is 2.20. The van der Waals surface area contributed by atoms with E-state index >= 15 is 0 Å². The second-order valence-corrected chi connectivity index (χ2v) is 9.64. The molecule has 0 saturated heterocycles. The van der Waals surface area contributed by atoms with E-state index < -0.39 is 0 Å². The highest BCUT2D eigenvalue weighted by atomic mass is 16.3. The van der Waals surface area contributed by atoms with Gasteiger partial charge >= 0.3 is 0 Å². The number of furan rings is 1. The molecular weight excluding hydrogens is 390 g/mol. The van der Waals surface area contributed by atoms with Crippen molar-refractivity contribution in [1.29, 1.82) is 0 Å². The van der Waals surface area contributed by atoms with Gasteiger partial charge in [-0.2, -0.15) is 0 Å². The van der Waals surface area contributed by atoms with E-state index in [1.807, 2.05) is 0 Å². The number of pyridine rings is 1. The van der Waals surface area contributed by atoms with Crippen LogP contribution in [0.2, 0.25) is 0 Å². The molecule has 0 aliphatic heterocycles. The summed E-state index contributed by atoms with van der Waals surface area (Å²) in [5.41, 5.74) is 7.13. The maximum atomic E-state index is 6.56. The monoisotopic (exact) mass is 420 g/mol. The minimum atomic E-state index is 0.832. The quantitative estimate of drug-likeness (QED) is 0.274. The van der Waals surface area contributed by atoms with Gasteiger partial charge in [-0.3, -0.25) is 0 Å². The molecule has 3 aromatic carbocycles. The van der Waals surface area contributed by atoms with Gasteiger partial charge < -0.3 is 4.42 Å². The maximum Gasteiger partial charge on any atom is 0.216 e. The molecule has 5 aromatic rings. The van der Waals surface area contributed by atoms with Crippen LogP contribution in [0.3, 0.4) is 0 Å². The van der Waals surface area contributed by atoms with Crippen LogP contribution >= 0.6 is 0 Å². The first kappa shape index (κ1) is 19.5. The zero-order valence-electron chi connectivity index (χ0n) is 19.0. The van der Waals surface area contributed by atoms with Crippen LogP contribution in [0.25, 0.3) is 44.0 Å². The van der Waals surface area contributed by atoms with Crippen LogP contribution in [0.1, 0.15) is 43.2 Å². The van der Waals surface area contributed by atoms with Gasteiger partial charge in [0.15, 0.2) is 6.20 Å². The summed E-state index contributed by atoms with van der Waals surface area (Å²) in [7, 11) is 2.15. The Labute approximate surface area is 189 Å². The lowest BCUT2D eigenvalue weighted by Gasteiger charge is -2.21. The van der Waals surface area contributed by atoms with Crippen LogP contribution in [0, 0.1) is 12.8 Å². The van der Waals surface area contributed by atoms with Crippen molar-refractivity contribution in [1.82, 2.24) is 0 Å². The van der Waals surface area contributed by atoms with E-state index in [1.165, 1.54) is 82.5 Å². The molecular formula is C30H30NO+. The summed E-state index contributed by atoms with van der Waals surface area (Å²) in [6, 6.07) is 22.1. The Bertz CT molecular complexity index is 1450. The summed E-state index contributed by atoms with van der Waals surface area (Å²) in [5, 5.41) is 4.94. The Morgan fingerprint density at radius 2 is 1.75 bits per heavy atom. The fourth-order valence-corrected chi connectivity index (χ4v) is 5.74. The van der Waals surface area contributed by atoms with Gasteiger partial charge in [0.1, 0.15) is 18.2 Å². The van der Waals surface area contributed by atoms with Crippen molar-refractivity contribution in [2.45, 2.75) is 45.4 Å². The Kier molecular flexibility index (Phi) is 4.75. The first-order valence-corrected chi connectivity index (χ1v) is 12.0. The molecule has 1 aliphatic rings. The Hall–Kier alpha value is -3.13. The zero-order chi connectivity index (χ0) is 21.7. The summed E-state index contributed by atoms with van der Waals surface area (Å²) < 4.78 is 8.81. The molecule has 2 aromatic heterocycles. The number of hydrogen-bond donors (Lipinski definition) is 0. The van der Waals surface area contributed by atoms with Gasteiger partial charge in [-0.1, -0.05) is 74.6 Å². The van der Waals surface area contributed by atoms with Gasteiger partial charge in [0.2, 0.25) is 5.69 Å². The van der Waals surface area contributed by atoms with Gasteiger partial charge in [-0.05, 0) is 47.2 Å². The van der Waals surface area contributed by atoms with Crippen molar-refractivity contribution in [2.75, 3.05) is 0 Å². The predicted octanol–water partition coefficient (Wildman–Crippen LogP) is 7.66. The van der Waals surface area contributed by atoms with E-state index in [2.05, 4.69) is 85.4 Å². The zero-order valence-corrected chi connectivity index (χ0v) is 19.0. The average molecular weight is 421 g/mol. The summed E-state index contributed by atoms with van der Waals surface area (Å²) in [5.74, 6) is 0.832. The normalized spacial score (nSPS) is 15.2. The summed E-state index contributed by atoms with van der Waals surface area (Å²) >= 11 is 0. The third kappa shape index (κ3) is 3.21. The fourth-order valence-electron chi connectivity index (χ4n) is 5.74. The largest absolute Gasteiger partial charge is 0.455 e. The number of rotatable bonds is 3. The van der Waals surface area contributed by atoms with Crippen LogP contribution in [0.5, 0.6) is 0 Å². The number of nitrogens with zero attached hydrogens (tertiary/aromatic N) is 1. The molecule has 0 atom stereocenters. The van der Waals surface area contributed by atoms with Crippen molar-refractivity contribution < 1.29 is 8.98 Å². The standard InChI is InChI=1S/C30H30NO/c1-20-12-14-25-29-24-11-7-6-10-23(24)13-15-27(29)32-30(25)28(20)26-19-22(16-17-31(26)2)18-21-8-4-3-5-9-21/h6-7,10-17,19,21H,3-5,8-9,18H2,1-2H3/q+1. The lowest BCUT2D eigenvalue weighted by molar-refractivity contribution is -0.660. The molecule has 0 radical (unpaired) electrons. The lowest BCUT2D eigenvalue weighted by atomic mass is 9.85. The number of aromatic nitrogens is 1. The van der Waals surface area contributed by atoms with E-state index in [0.29, 0.717) is 0 Å². The number of hydrogen-bond acceptors (Lipinski definition) is 1. The molecule has 32 heavy (non-hydrogen) atoms. The smallest absolute Gasteiger partial charge is 0.216 e. The van der Waals surface area contributed by atoms with Crippen LogP contribution in [-0.4, -0.2) is 0 Å². The fraction of sp³-hybridized carbons (Fsp3) is 0.300. The molecule has 1 saturated carbocycles. The minimum absolute atomic E-state index is 0.832. The van der Waals surface area contributed by atoms with Gasteiger partial charge in [0, 0.05) is 22.9 Å². The molecule has 6 rings (SSSR count). The SMILES string of the molecule is Cc1ccc2c(oc3ccc4ccccc4c32)c1-c1cc(CC2CCCCC2)cc[n+]1C. The first-order valence-electron chi connectivity index (χ1n) is 12.0. The maximum absolute atomic E-state index is 6.56. The highest BCUT2D eigenvalue weighted by Gasteiger charge is 2.23.